The van der Waals surface area contributed by atoms with E-state index in [1.165, 1.54) is 29.6 Å². The predicted molar refractivity (Wildman–Crippen MR) is 68.0 cm³/mol. The molecule has 0 aliphatic heterocycles. The molecule has 14 heavy (non-hydrogen) atoms. The van der Waals surface area contributed by atoms with E-state index in [9.17, 15) is 0 Å². The van der Waals surface area contributed by atoms with Gasteiger partial charge in [0.05, 0.1) is 0 Å². The lowest BCUT2D eigenvalue weighted by atomic mass is 10.2. The third-order valence-electron chi connectivity index (χ3n) is 2.62. The fourth-order valence-corrected chi connectivity index (χ4v) is 4.65. The van der Waals surface area contributed by atoms with Crippen molar-refractivity contribution in [1.29, 1.82) is 0 Å². The molecule has 2 heteroatoms. The minimum Gasteiger partial charge on any atom is -0.161 e. The van der Waals surface area contributed by atoms with E-state index >= 15 is 0 Å². The normalized spacial score (nSPS) is 15.1. The molecule has 0 N–H and O–H groups in total. The summed E-state index contributed by atoms with van der Waals surface area (Å²) in [5, 5.41) is 1.38. The number of hydrogen-bond acceptors (Lipinski definition) is 0. The van der Waals surface area contributed by atoms with Crippen LogP contribution in [0.2, 0.25) is 12.6 Å². The fraction of sp³-hybridized carbons (Fsp3) is 0.500. The number of benzene rings is 1. The van der Waals surface area contributed by atoms with E-state index in [-0.39, 0.29) is 0 Å². The third-order valence-corrected chi connectivity index (χ3v) is 6.65. The van der Waals surface area contributed by atoms with Crippen molar-refractivity contribution in [2.24, 2.45) is 0 Å². The van der Waals surface area contributed by atoms with E-state index in [0.29, 0.717) is 0 Å². The number of unbranched alkanes of at least 4 members (excludes halogenated alkanes) is 1. The molecule has 78 valence electrons. The molecule has 0 bridgehead atoms. The molecule has 0 saturated heterocycles. The highest BCUT2D eigenvalue weighted by molar-refractivity contribution is 7.26. The van der Waals surface area contributed by atoms with Gasteiger partial charge in [-0.15, -0.1) is 0 Å². The molecule has 1 aromatic rings. The summed E-state index contributed by atoms with van der Waals surface area (Å²) in [4.78, 5) is 0. The summed E-state index contributed by atoms with van der Waals surface area (Å²) in [6.07, 6.45) is 2.49. The van der Waals surface area contributed by atoms with Crippen LogP contribution < -0.4 is 5.19 Å². The molecule has 0 saturated carbocycles. The van der Waals surface area contributed by atoms with Crippen LogP contribution in [0.4, 0.5) is 0 Å². The van der Waals surface area contributed by atoms with E-state index in [1.54, 1.807) is 0 Å². The first-order valence-electron chi connectivity index (χ1n) is 5.32. The molecule has 0 aromatic heterocycles. The van der Waals surface area contributed by atoms with Crippen molar-refractivity contribution in [3.63, 3.8) is 0 Å². The first-order valence-corrected chi connectivity index (χ1v) is 9.04. The first kappa shape index (κ1) is 11.8. The summed E-state index contributed by atoms with van der Waals surface area (Å²) in [6.45, 7) is 6.60. The van der Waals surface area contributed by atoms with Crippen LogP contribution in [-0.2, 0) is 0 Å². The molecule has 0 nitrogen and oxygen atoms in total. The zero-order valence-corrected chi connectivity index (χ0v) is 11.1. The summed E-state index contributed by atoms with van der Waals surface area (Å²) < 4.78 is 0. The van der Waals surface area contributed by atoms with Gasteiger partial charge >= 0.3 is 0 Å². The van der Waals surface area contributed by atoms with Crippen LogP contribution in [0.1, 0.15) is 25.3 Å². The summed E-state index contributed by atoms with van der Waals surface area (Å²) in [5.41, 5.74) is 1.32. The van der Waals surface area contributed by atoms with Crippen LogP contribution in [0.3, 0.4) is 0 Å². The van der Waals surface area contributed by atoms with Crippen LogP contribution in [0.25, 0.3) is 0 Å². The summed E-state index contributed by atoms with van der Waals surface area (Å²) in [5.74, 6) is 0. The average Bonchev–Trinajstić information content (AvgIpc) is 2.15. The number of hydrogen-bond donors (Lipinski definition) is 0. The Labute approximate surface area is 93.0 Å². The summed E-state index contributed by atoms with van der Waals surface area (Å²) in [7, 11) is -1.66. The SMILES string of the molecule is CCCC[Si](C)(Cl)c1cccc(C)c1. The van der Waals surface area contributed by atoms with Crippen LogP contribution in [0.15, 0.2) is 24.3 Å². The Morgan fingerprint density at radius 2 is 2.07 bits per heavy atom. The highest BCUT2D eigenvalue weighted by atomic mass is 35.6. The first-order chi connectivity index (χ1) is 6.56. The van der Waals surface area contributed by atoms with Gasteiger partial charge < -0.3 is 0 Å². The maximum atomic E-state index is 6.65. The van der Waals surface area contributed by atoms with Crippen LogP contribution in [-0.4, -0.2) is 7.38 Å². The Bertz CT molecular complexity index is 294. The molecular formula is C12H19ClSi. The van der Waals surface area contributed by atoms with Crippen molar-refractivity contribution in [1.82, 2.24) is 0 Å². The van der Waals surface area contributed by atoms with Gasteiger partial charge in [0.1, 0.15) is 0 Å². The van der Waals surface area contributed by atoms with Gasteiger partial charge in [-0.3, -0.25) is 0 Å². The second kappa shape index (κ2) is 4.99. The molecule has 1 rings (SSSR count). The lowest BCUT2D eigenvalue weighted by molar-refractivity contribution is 0.874. The Morgan fingerprint density at radius 3 is 2.64 bits per heavy atom. The van der Waals surface area contributed by atoms with Gasteiger partial charge in [-0.2, -0.15) is 11.1 Å². The lowest BCUT2D eigenvalue weighted by Gasteiger charge is -2.19. The molecular weight excluding hydrogens is 208 g/mol. The maximum Gasteiger partial charge on any atom is 0.183 e. The highest BCUT2D eigenvalue weighted by Gasteiger charge is 2.25. The third kappa shape index (κ3) is 3.14. The van der Waals surface area contributed by atoms with Crippen LogP contribution in [0, 0.1) is 6.92 Å². The Morgan fingerprint density at radius 1 is 1.36 bits per heavy atom. The maximum absolute atomic E-state index is 6.65. The summed E-state index contributed by atoms with van der Waals surface area (Å²) >= 11 is 6.65. The quantitative estimate of drug-likeness (QED) is 0.541. The minimum absolute atomic E-state index is 1.19. The largest absolute Gasteiger partial charge is 0.183 e. The predicted octanol–water partition coefficient (Wildman–Crippen LogP) is 3.82. The number of halogens is 1. The Balaban J connectivity index is 2.80. The van der Waals surface area contributed by atoms with Gasteiger partial charge in [-0.25, -0.2) is 0 Å². The molecule has 0 radical (unpaired) electrons. The van der Waals surface area contributed by atoms with E-state index in [0.717, 1.165) is 0 Å². The van der Waals surface area contributed by atoms with Gasteiger partial charge in [0.2, 0.25) is 0 Å². The van der Waals surface area contributed by atoms with Crippen molar-refractivity contribution in [3.05, 3.63) is 29.8 Å². The Hall–Kier alpha value is -0.273. The van der Waals surface area contributed by atoms with Crippen LogP contribution >= 0.6 is 11.1 Å². The average molecular weight is 227 g/mol. The highest BCUT2D eigenvalue weighted by Crippen LogP contribution is 2.18. The van der Waals surface area contributed by atoms with E-state index in [2.05, 4.69) is 44.7 Å². The zero-order chi connectivity index (χ0) is 10.6. The van der Waals surface area contributed by atoms with Gasteiger partial charge in [0.25, 0.3) is 0 Å². The molecule has 0 heterocycles. The van der Waals surface area contributed by atoms with E-state index in [4.69, 9.17) is 11.1 Å². The molecule has 0 spiro atoms. The zero-order valence-electron chi connectivity index (χ0n) is 9.31. The second-order valence-corrected chi connectivity index (χ2v) is 10.1. The molecule has 0 fully saturated rings. The molecule has 1 unspecified atom stereocenters. The molecule has 1 aromatic carbocycles. The van der Waals surface area contributed by atoms with Crippen molar-refractivity contribution in [2.75, 3.05) is 0 Å². The van der Waals surface area contributed by atoms with E-state index < -0.39 is 7.38 Å². The topological polar surface area (TPSA) is 0 Å². The van der Waals surface area contributed by atoms with Gasteiger partial charge in [-0.1, -0.05) is 56.1 Å². The smallest absolute Gasteiger partial charge is 0.161 e. The fourth-order valence-electron chi connectivity index (χ4n) is 1.62. The monoisotopic (exact) mass is 226 g/mol. The Kier molecular flexibility index (Phi) is 4.21. The molecule has 1 atom stereocenters. The second-order valence-electron chi connectivity index (χ2n) is 4.17. The standard InChI is InChI=1S/C12H19ClSi/c1-4-5-9-14(3,13)12-8-6-7-11(2)10-12/h6-8,10H,4-5,9H2,1-3H3. The van der Waals surface area contributed by atoms with Crippen LogP contribution in [0.5, 0.6) is 0 Å². The van der Waals surface area contributed by atoms with Gasteiger partial charge in [0, 0.05) is 0 Å². The minimum atomic E-state index is -1.66. The van der Waals surface area contributed by atoms with Crippen molar-refractivity contribution < 1.29 is 0 Å². The molecule has 0 aliphatic carbocycles. The number of rotatable bonds is 4. The lowest BCUT2D eigenvalue weighted by Crippen LogP contribution is -2.38. The van der Waals surface area contributed by atoms with Crippen molar-refractivity contribution in [2.45, 2.75) is 39.3 Å². The summed E-state index contributed by atoms with van der Waals surface area (Å²) in [6, 6.07) is 9.86. The molecule has 0 aliphatic rings. The molecule has 0 amide bonds. The van der Waals surface area contributed by atoms with E-state index in [1.807, 2.05) is 0 Å². The van der Waals surface area contributed by atoms with Crippen molar-refractivity contribution in [3.8, 4) is 0 Å². The van der Waals surface area contributed by atoms with Crippen molar-refractivity contribution >= 4 is 23.6 Å². The number of aryl methyl sites for hydroxylation is 1. The van der Waals surface area contributed by atoms with Gasteiger partial charge in [-0.05, 0) is 18.2 Å². The van der Waals surface area contributed by atoms with Gasteiger partial charge in [0.15, 0.2) is 7.38 Å².